The molecule has 0 radical (unpaired) electrons. The van der Waals surface area contributed by atoms with E-state index < -0.39 is 6.04 Å². The minimum absolute atomic E-state index is 0.0710. The molecule has 0 saturated heterocycles. The smallest absolute Gasteiger partial charge is 0.252 e. The van der Waals surface area contributed by atoms with E-state index in [1.165, 1.54) is 11.3 Å². The summed E-state index contributed by atoms with van der Waals surface area (Å²) in [5.74, 6) is 0.0809. The zero-order valence-electron chi connectivity index (χ0n) is 20.0. The first-order chi connectivity index (χ1) is 18.1. The molecular formula is C27H24N6O3S. The number of amides is 2. The Balaban J connectivity index is 1.49. The van der Waals surface area contributed by atoms with Crippen molar-refractivity contribution in [3.8, 4) is 5.75 Å². The molecular weight excluding hydrogens is 488 g/mol. The van der Waals surface area contributed by atoms with Gasteiger partial charge in [0.05, 0.1) is 12.6 Å². The van der Waals surface area contributed by atoms with E-state index in [4.69, 9.17) is 4.74 Å². The number of thiophene rings is 1. The van der Waals surface area contributed by atoms with Gasteiger partial charge in [0.15, 0.2) is 0 Å². The van der Waals surface area contributed by atoms with Gasteiger partial charge in [-0.25, -0.2) is 4.68 Å². The zero-order valence-corrected chi connectivity index (χ0v) is 20.8. The predicted molar refractivity (Wildman–Crippen MR) is 141 cm³/mol. The number of pyridine rings is 1. The van der Waals surface area contributed by atoms with Gasteiger partial charge in [-0.1, -0.05) is 29.5 Å². The van der Waals surface area contributed by atoms with Crippen LogP contribution in [0, 0.1) is 0 Å². The van der Waals surface area contributed by atoms with Gasteiger partial charge in [-0.05, 0) is 59.5 Å². The Kier molecular flexibility index (Phi) is 7.18. The van der Waals surface area contributed by atoms with Crippen LogP contribution < -0.4 is 10.1 Å². The summed E-state index contributed by atoms with van der Waals surface area (Å²) in [4.78, 5) is 34.1. The number of nitrogens with one attached hydrogen (secondary N) is 1. The second kappa shape index (κ2) is 11.0. The molecule has 37 heavy (non-hydrogen) atoms. The zero-order chi connectivity index (χ0) is 25.6. The lowest BCUT2D eigenvalue weighted by Crippen LogP contribution is -2.42. The van der Waals surface area contributed by atoms with Crippen molar-refractivity contribution in [2.45, 2.75) is 19.1 Å². The van der Waals surface area contributed by atoms with Crippen molar-refractivity contribution in [2.75, 3.05) is 12.4 Å². The Morgan fingerprint density at radius 3 is 2.62 bits per heavy atom. The van der Waals surface area contributed by atoms with Crippen LogP contribution in [0.1, 0.15) is 16.5 Å². The van der Waals surface area contributed by atoms with Crippen LogP contribution >= 0.6 is 11.3 Å². The SMILES string of the molecule is COc1ccc(NC(=O)C(c2cccs2)N(Cc2cccnc2)C(=O)Cn2nnc3ccccc32)cc1. The van der Waals surface area contributed by atoms with Gasteiger partial charge in [0.25, 0.3) is 5.91 Å². The van der Waals surface area contributed by atoms with Crippen LogP contribution in [0.4, 0.5) is 5.69 Å². The highest BCUT2D eigenvalue weighted by atomic mass is 32.1. The van der Waals surface area contributed by atoms with Crippen LogP contribution in [-0.2, 0) is 22.7 Å². The molecule has 3 heterocycles. The average molecular weight is 513 g/mol. The molecule has 1 atom stereocenters. The van der Waals surface area contributed by atoms with Crippen LogP contribution in [0.5, 0.6) is 5.75 Å². The fourth-order valence-electron chi connectivity index (χ4n) is 4.02. The first-order valence-corrected chi connectivity index (χ1v) is 12.5. The third-order valence-corrected chi connectivity index (χ3v) is 6.76. The summed E-state index contributed by atoms with van der Waals surface area (Å²) in [6.07, 6.45) is 3.36. The van der Waals surface area contributed by atoms with Crippen molar-refractivity contribution in [3.63, 3.8) is 0 Å². The topological polar surface area (TPSA) is 102 Å². The summed E-state index contributed by atoms with van der Waals surface area (Å²) < 4.78 is 6.77. The highest BCUT2D eigenvalue weighted by Crippen LogP contribution is 2.29. The van der Waals surface area contributed by atoms with E-state index in [-0.39, 0.29) is 24.9 Å². The molecule has 0 aliphatic heterocycles. The Hall–Kier alpha value is -4.57. The molecule has 0 aliphatic carbocycles. The second-order valence-electron chi connectivity index (χ2n) is 8.25. The number of carbonyl (C=O) groups is 2. The van der Waals surface area contributed by atoms with Crippen molar-refractivity contribution in [2.24, 2.45) is 0 Å². The number of rotatable bonds is 9. The van der Waals surface area contributed by atoms with Gasteiger partial charge in [-0.15, -0.1) is 16.4 Å². The van der Waals surface area contributed by atoms with E-state index in [0.717, 1.165) is 16.0 Å². The first-order valence-electron chi connectivity index (χ1n) is 11.6. The molecule has 2 aromatic carbocycles. The molecule has 9 nitrogen and oxygen atoms in total. The number of carbonyl (C=O) groups excluding carboxylic acids is 2. The van der Waals surface area contributed by atoms with Crippen molar-refractivity contribution in [1.29, 1.82) is 0 Å². The lowest BCUT2D eigenvalue weighted by atomic mass is 10.1. The highest BCUT2D eigenvalue weighted by Gasteiger charge is 2.33. The summed E-state index contributed by atoms with van der Waals surface area (Å²) >= 11 is 1.42. The fourth-order valence-corrected chi connectivity index (χ4v) is 4.86. The Labute approximate surface area is 217 Å². The molecule has 5 aromatic rings. The van der Waals surface area contributed by atoms with Crippen LogP contribution in [-0.4, -0.2) is 43.8 Å². The Bertz CT molecular complexity index is 1490. The minimum atomic E-state index is -0.871. The van der Waals surface area contributed by atoms with E-state index >= 15 is 0 Å². The number of nitrogens with zero attached hydrogens (tertiary/aromatic N) is 5. The number of para-hydroxylation sites is 1. The number of methoxy groups -OCH3 is 1. The van der Waals surface area contributed by atoms with Crippen LogP contribution in [0.15, 0.2) is 90.6 Å². The monoisotopic (exact) mass is 512 g/mol. The lowest BCUT2D eigenvalue weighted by molar-refractivity contribution is -0.140. The van der Waals surface area contributed by atoms with E-state index in [2.05, 4.69) is 20.6 Å². The van der Waals surface area contributed by atoms with Gasteiger partial charge in [0.1, 0.15) is 23.9 Å². The maximum atomic E-state index is 13.9. The van der Waals surface area contributed by atoms with Crippen LogP contribution in [0.3, 0.4) is 0 Å². The van der Waals surface area contributed by atoms with Crippen LogP contribution in [0.25, 0.3) is 11.0 Å². The molecule has 1 N–H and O–H groups in total. The van der Waals surface area contributed by atoms with Gasteiger partial charge in [-0.2, -0.15) is 0 Å². The van der Waals surface area contributed by atoms with Gasteiger partial charge in [0.2, 0.25) is 5.91 Å². The molecule has 2 amide bonds. The molecule has 0 aliphatic rings. The molecule has 3 aromatic heterocycles. The number of aromatic nitrogens is 4. The van der Waals surface area contributed by atoms with E-state index in [0.29, 0.717) is 17.0 Å². The predicted octanol–water partition coefficient (Wildman–Crippen LogP) is 4.31. The molecule has 1 unspecified atom stereocenters. The first kappa shape index (κ1) is 24.1. The highest BCUT2D eigenvalue weighted by molar-refractivity contribution is 7.10. The standard InChI is InChI=1S/C27H24N6O3S/c1-36-21-12-10-20(11-13-21)29-27(35)26(24-9-5-15-37-24)32(17-19-6-4-14-28-16-19)25(34)18-33-23-8-3-2-7-22(23)30-31-33/h2-16,26H,17-18H2,1H3,(H,29,35). The summed E-state index contributed by atoms with van der Waals surface area (Å²) in [5.41, 5.74) is 2.84. The number of hydrogen-bond acceptors (Lipinski definition) is 7. The summed E-state index contributed by atoms with van der Waals surface area (Å²) in [7, 11) is 1.58. The van der Waals surface area contributed by atoms with Gasteiger partial charge >= 0.3 is 0 Å². The molecule has 0 spiro atoms. The van der Waals surface area contributed by atoms with E-state index in [1.54, 1.807) is 59.4 Å². The Morgan fingerprint density at radius 1 is 1.05 bits per heavy atom. The maximum absolute atomic E-state index is 13.9. The minimum Gasteiger partial charge on any atom is -0.497 e. The van der Waals surface area contributed by atoms with Gasteiger partial charge in [0, 0.05) is 29.5 Å². The molecule has 186 valence electrons. The number of benzene rings is 2. The Morgan fingerprint density at radius 2 is 1.89 bits per heavy atom. The van der Waals surface area contributed by atoms with Gasteiger partial charge in [-0.3, -0.25) is 14.6 Å². The summed E-state index contributed by atoms with van der Waals surface area (Å²) in [6, 6.07) is 21.0. The van der Waals surface area contributed by atoms with Crippen molar-refractivity contribution >= 4 is 39.9 Å². The summed E-state index contributed by atoms with van der Waals surface area (Å²) in [6.45, 7) is 0.121. The maximum Gasteiger partial charge on any atom is 0.252 e. The molecule has 5 rings (SSSR count). The van der Waals surface area contributed by atoms with Crippen molar-refractivity contribution in [3.05, 3.63) is 101 Å². The van der Waals surface area contributed by atoms with Gasteiger partial charge < -0.3 is 15.0 Å². The average Bonchev–Trinajstić information content (AvgIpc) is 3.60. The number of hydrogen-bond donors (Lipinski definition) is 1. The second-order valence-corrected chi connectivity index (χ2v) is 9.23. The van der Waals surface area contributed by atoms with Crippen molar-refractivity contribution in [1.82, 2.24) is 24.9 Å². The fraction of sp³-hybridized carbons (Fsp3) is 0.148. The third-order valence-electron chi connectivity index (χ3n) is 5.83. The third kappa shape index (κ3) is 5.49. The summed E-state index contributed by atoms with van der Waals surface area (Å²) in [5, 5.41) is 13.2. The van der Waals surface area contributed by atoms with E-state index in [9.17, 15) is 9.59 Å². The number of ether oxygens (including phenoxy) is 1. The molecule has 0 bridgehead atoms. The van der Waals surface area contributed by atoms with E-state index in [1.807, 2.05) is 47.8 Å². The quantitative estimate of drug-likeness (QED) is 0.316. The number of fused-ring (bicyclic) bond motifs is 1. The van der Waals surface area contributed by atoms with Crippen LogP contribution in [0.2, 0.25) is 0 Å². The number of anilines is 1. The molecule has 0 fully saturated rings. The van der Waals surface area contributed by atoms with Crippen molar-refractivity contribution < 1.29 is 14.3 Å². The molecule has 10 heteroatoms. The lowest BCUT2D eigenvalue weighted by Gasteiger charge is -2.30. The largest absolute Gasteiger partial charge is 0.497 e. The normalized spacial score (nSPS) is 11.7. The molecule has 0 saturated carbocycles.